The van der Waals surface area contributed by atoms with Gasteiger partial charge in [-0.25, -0.2) is 4.79 Å². The number of ether oxygens (including phenoxy) is 2. The number of aryl methyl sites for hydroxylation is 1. The number of methoxy groups -OCH3 is 2. The van der Waals surface area contributed by atoms with Gasteiger partial charge in [0.15, 0.2) is 11.0 Å². The number of nitrogens with one attached hydrogen (secondary N) is 1. The van der Waals surface area contributed by atoms with Crippen molar-refractivity contribution < 1.29 is 19.1 Å². The van der Waals surface area contributed by atoms with Crippen molar-refractivity contribution in [2.45, 2.75) is 12.1 Å². The topological polar surface area (TPSA) is 95.3 Å². The van der Waals surface area contributed by atoms with Crippen LogP contribution in [0, 0.1) is 6.92 Å². The Morgan fingerprint density at radius 3 is 2.49 bits per heavy atom. The van der Waals surface area contributed by atoms with Gasteiger partial charge in [-0.15, -0.1) is 21.5 Å². The Hall–Kier alpha value is -3.63. The zero-order chi connectivity index (χ0) is 24.9. The highest BCUT2D eigenvalue weighted by Crippen LogP contribution is 2.37. The minimum Gasteiger partial charge on any atom is -0.497 e. The van der Waals surface area contributed by atoms with Gasteiger partial charge >= 0.3 is 5.97 Å². The van der Waals surface area contributed by atoms with E-state index in [1.165, 1.54) is 30.2 Å². The predicted octanol–water partition coefficient (Wildman–Crippen LogP) is 5.05. The van der Waals surface area contributed by atoms with Crippen molar-refractivity contribution in [2.75, 3.05) is 25.3 Å². The molecule has 2 heterocycles. The van der Waals surface area contributed by atoms with E-state index in [0.717, 1.165) is 22.5 Å². The maximum Gasteiger partial charge on any atom is 0.341 e. The van der Waals surface area contributed by atoms with E-state index in [0.29, 0.717) is 27.0 Å². The molecule has 0 unspecified atom stereocenters. The SMILES string of the molecule is COC(=O)c1c(-c2ccc(OC)cc2)csc1NC(=O)CSc1nnc(-c2ccccc2C)n1C. The first-order valence-corrected chi connectivity index (χ1v) is 12.5. The Morgan fingerprint density at radius 1 is 1.06 bits per heavy atom. The molecule has 0 fully saturated rings. The number of carbonyl (C=O) groups is 2. The molecule has 0 spiro atoms. The minimum absolute atomic E-state index is 0.107. The van der Waals surface area contributed by atoms with Gasteiger partial charge < -0.3 is 19.4 Å². The summed E-state index contributed by atoms with van der Waals surface area (Å²) in [5.74, 6) is 0.778. The second kappa shape index (κ2) is 10.7. The minimum atomic E-state index is -0.517. The Bertz CT molecular complexity index is 1360. The van der Waals surface area contributed by atoms with E-state index >= 15 is 0 Å². The number of carbonyl (C=O) groups excluding carboxylic acids is 2. The summed E-state index contributed by atoms with van der Waals surface area (Å²) in [5, 5.41) is 14.3. The lowest BCUT2D eigenvalue weighted by Crippen LogP contribution is -2.16. The largest absolute Gasteiger partial charge is 0.497 e. The van der Waals surface area contributed by atoms with Crippen LogP contribution >= 0.6 is 23.1 Å². The molecule has 2 aromatic carbocycles. The van der Waals surface area contributed by atoms with Crippen molar-refractivity contribution in [3.8, 4) is 28.3 Å². The molecule has 0 aliphatic heterocycles. The highest BCUT2D eigenvalue weighted by Gasteiger charge is 2.23. The normalized spacial score (nSPS) is 10.7. The van der Waals surface area contributed by atoms with Gasteiger partial charge in [-0.1, -0.05) is 48.2 Å². The fourth-order valence-corrected chi connectivity index (χ4v) is 5.21. The summed E-state index contributed by atoms with van der Waals surface area (Å²) in [6, 6.07) is 15.3. The number of nitrogens with zero attached hydrogens (tertiary/aromatic N) is 3. The Balaban J connectivity index is 1.49. The van der Waals surface area contributed by atoms with Crippen molar-refractivity contribution in [1.82, 2.24) is 14.8 Å². The van der Waals surface area contributed by atoms with Crippen molar-refractivity contribution in [3.05, 3.63) is 65.0 Å². The van der Waals surface area contributed by atoms with Gasteiger partial charge in [0.05, 0.1) is 20.0 Å². The van der Waals surface area contributed by atoms with Crippen LogP contribution in [0.5, 0.6) is 5.75 Å². The van der Waals surface area contributed by atoms with E-state index in [1.54, 1.807) is 7.11 Å². The summed E-state index contributed by atoms with van der Waals surface area (Å²) in [6.45, 7) is 2.02. The third-order valence-electron chi connectivity index (χ3n) is 5.39. The average molecular weight is 509 g/mol. The van der Waals surface area contributed by atoms with Crippen LogP contribution in [-0.4, -0.2) is 46.6 Å². The zero-order valence-corrected chi connectivity index (χ0v) is 21.3. The zero-order valence-electron chi connectivity index (χ0n) is 19.7. The Labute approximate surface area is 211 Å². The molecule has 0 aliphatic carbocycles. The first kappa shape index (κ1) is 24.5. The number of hydrogen-bond donors (Lipinski definition) is 1. The molecular formula is C25H24N4O4S2. The van der Waals surface area contributed by atoms with E-state index in [2.05, 4.69) is 15.5 Å². The van der Waals surface area contributed by atoms with Crippen molar-refractivity contribution in [1.29, 1.82) is 0 Å². The Kier molecular flexibility index (Phi) is 7.52. The molecule has 4 aromatic rings. The molecule has 10 heteroatoms. The molecule has 1 amide bonds. The summed E-state index contributed by atoms with van der Waals surface area (Å²) in [5.41, 5.74) is 3.91. The third-order valence-corrected chi connectivity index (χ3v) is 7.30. The van der Waals surface area contributed by atoms with Gasteiger partial charge in [0.1, 0.15) is 16.3 Å². The number of thioether (sulfide) groups is 1. The number of aromatic nitrogens is 3. The van der Waals surface area contributed by atoms with E-state index in [1.807, 2.05) is 72.4 Å². The fraction of sp³-hybridized carbons (Fsp3) is 0.200. The van der Waals surface area contributed by atoms with Gasteiger partial charge in [-0.3, -0.25) is 4.79 Å². The highest BCUT2D eigenvalue weighted by molar-refractivity contribution is 7.99. The quantitative estimate of drug-likeness (QED) is 0.263. The molecule has 0 saturated carbocycles. The lowest BCUT2D eigenvalue weighted by atomic mass is 10.0. The standard InChI is InChI=1S/C25H24N4O4S2/c1-15-7-5-6-8-18(15)22-27-28-25(29(22)2)35-14-20(30)26-23-21(24(31)33-4)19(13-34-23)16-9-11-17(32-3)12-10-16/h5-13H,14H2,1-4H3,(H,26,30). The number of amides is 1. The second-order valence-electron chi connectivity index (χ2n) is 7.59. The first-order valence-electron chi connectivity index (χ1n) is 10.6. The number of anilines is 1. The smallest absolute Gasteiger partial charge is 0.341 e. The van der Waals surface area contributed by atoms with Crippen LogP contribution in [0.4, 0.5) is 5.00 Å². The number of hydrogen-bond acceptors (Lipinski definition) is 8. The van der Waals surface area contributed by atoms with Crippen molar-refractivity contribution >= 4 is 40.0 Å². The molecule has 4 rings (SSSR count). The molecule has 180 valence electrons. The number of rotatable bonds is 8. The van der Waals surface area contributed by atoms with Crippen LogP contribution in [-0.2, 0) is 16.6 Å². The van der Waals surface area contributed by atoms with Crippen molar-refractivity contribution in [3.63, 3.8) is 0 Å². The highest BCUT2D eigenvalue weighted by atomic mass is 32.2. The number of esters is 1. The Morgan fingerprint density at radius 2 is 1.80 bits per heavy atom. The third kappa shape index (κ3) is 5.23. The average Bonchev–Trinajstić information content (AvgIpc) is 3.46. The molecule has 0 aliphatic rings. The van der Waals surface area contributed by atoms with Gasteiger partial charge in [0.2, 0.25) is 5.91 Å². The molecular weight excluding hydrogens is 484 g/mol. The summed E-state index contributed by atoms with van der Waals surface area (Å²) in [7, 11) is 4.78. The van der Waals surface area contributed by atoms with E-state index in [9.17, 15) is 9.59 Å². The maximum absolute atomic E-state index is 12.8. The molecule has 0 saturated heterocycles. The molecule has 1 N–H and O–H groups in total. The van der Waals surface area contributed by atoms with E-state index in [-0.39, 0.29) is 11.7 Å². The summed E-state index contributed by atoms with van der Waals surface area (Å²) < 4.78 is 12.1. The summed E-state index contributed by atoms with van der Waals surface area (Å²) in [6.07, 6.45) is 0. The predicted molar refractivity (Wildman–Crippen MR) is 138 cm³/mol. The van der Waals surface area contributed by atoms with Crippen LogP contribution in [0.2, 0.25) is 0 Å². The molecule has 0 atom stereocenters. The molecule has 8 nitrogen and oxygen atoms in total. The van der Waals surface area contributed by atoms with Gasteiger partial charge in [0.25, 0.3) is 0 Å². The van der Waals surface area contributed by atoms with E-state index in [4.69, 9.17) is 9.47 Å². The van der Waals surface area contributed by atoms with Gasteiger partial charge in [0, 0.05) is 23.6 Å². The van der Waals surface area contributed by atoms with Crippen LogP contribution in [0.1, 0.15) is 15.9 Å². The molecule has 35 heavy (non-hydrogen) atoms. The van der Waals surface area contributed by atoms with Crippen LogP contribution in [0.15, 0.2) is 59.1 Å². The van der Waals surface area contributed by atoms with Crippen LogP contribution in [0.3, 0.4) is 0 Å². The molecule has 0 radical (unpaired) electrons. The van der Waals surface area contributed by atoms with E-state index < -0.39 is 5.97 Å². The van der Waals surface area contributed by atoms with Crippen LogP contribution < -0.4 is 10.1 Å². The maximum atomic E-state index is 12.8. The first-order chi connectivity index (χ1) is 16.9. The molecule has 2 aromatic heterocycles. The van der Waals surface area contributed by atoms with Gasteiger partial charge in [-0.2, -0.15) is 0 Å². The van der Waals surface area contributed by atoms with Crippen molar-refractivity contribution in [2.24, 2.45) is 7.05 Å². The molecule has 0 bridgehead atoms. The lowest BCUT2D eigenvalue weighted by Gasteiger charge is -2.09. The monoisotopic (exact) mass is 508 g/mol. The summed E-state index contributed by atoms with van der Waals surface area (Å²) >= 11 is 2.55. The second-order valence-corrected chi connectivity index (χ2v) is 9.41. The number of thiophene rings is 1. The van der Waals surface area contributed by atoms with Crippen LogP contribution in [0.25, 0.3) is 22.5 Å². The fourth-order valence-electron chi connectivity index (χ4n) is 3.53. The number of benzene rings is 2. The summed E-state index contributed by atoms with van der Waals surface area (Å²) in [4.78, 5) is 25.3. The lowest BCUT2D eigenvalue weighted by molar-refractivity contribution is -0.113. The van der Waals surface area contributed by atoms with Gasteiger partial charge in [-0.05, 0) is 30.2 Å².